The number of benzene rings is 2. The first-order valence-corrected chi connectivity index (χ1v) is 10.2. The number of nitrogens with zero attached hydrogens (tertiary/aromatic N) is 3. The first-order valence-electron chi connectivity index (χ1n) is 9.38. The highest BCUT2D eigenvalue weighted by molar-refractivity contribution is 7.15. The van der Waals surface area contributed by atoms with E-state index >= 15 is 0 Å². The Morgan fingerprint density at radius 1 is 1.17 bits per heavy atom. The second-order valence-electron chi connectivity index (χ2n) is 6.70. The fraction of sp³-hybridized carbons (Fsp3) is 0.238. The quantitative estimate of drug-likeness (QED) is 0.626. The zero-order valence-electron chi connectivity index (χ0n) is 16.3. The van der Waals surface area contributed by atoms with Crippen molar-refractivity contribution in [3.05, 3.63) is 59.6 Å². The molecule has 9 heteroatoms. The molecular formula is C21H20N4O4S. The number of anilines is 2. The van der Waals surface area contributed by atoms with E-state index in [0.717, 1.165) is 5.75 Å². The van der Waals surface area contributed by atoms with Crippen molar-refractivity contribution >= 4 is 34.0 Å². The average molecular weight is 424 g/mol. The number of methoxy groups -OCH3 is 1. The number of nitrogens with one attached hydrogen (secondary N) is 1. The van der Waals surface area contributed by atoms with E-state index in [0.29, 0.717) is 28.1 Å². The molecule has 3 aromatic rings. The maximum atomic E-state index is 12.6. The lowest BCUT2D eigenvalue weighted by atomic mass is 10.1. The molecule has 0 saturated carbocycles. The van der Waals surface area contributed by atoms with Gasteiger partial charge in [-0.05, 0) is 24.3 Å². The van der Waals surface area contributed by atoms with Gasteiger partial charge in [-0.3, -0.25) is 9.59 Å². The van der Waals surface area contributed by atoms with Crippen molar-refractivity contribution in [3.8, 4) is 11.5 Å². The summed E-state index contributed by atoms with van der Waals surface area (Å²) in [5.74, 6) is 0.586. The Balaban J connectivity index is 1.34. The van der Waals surface area contributed by atoms with E-state index in [1.54, 1.807) is 18.1 Å². The van der Waals surface area contributed by atoms with Crippen LogP contribution in [0.1, 0.15) is 11.4 Å². The van der Waals surface area contributed by atoms with Crippen molar-refractivity contribution in [1.82, 2.24) is 10.2 Å². The molecule has 4 rings (SSSR count). The lowest BCUT2D eigenvalue weighted by Gasteiger charge is -2.17. The SMILES string of the molecule is COc1cccc(N2C[C@H](C(=O)Nc3nnc(COc4ccccc4)s3)CC2=O)c1. The molecule has 1 aromatic heterocycles. The van der Waals surface area contributed by atoms with E-state index in [1.165, 1.54) is 11.3 Å². The van der Waals surface area contributed by atoms with Crippen molar-refractivity contribution in [1.29, 1.82) is 0 Å². The zero-order chi connectivity index (χ0) is 20.9. The molecule has 0 unspecified atom stereocenters. The standard InChI is InChI=1S/C21H20N4O4S/c1-28-17-9-5-6-15(11-17)25-12-14(10-19(25)26)20(27)22-21-24-23-18(30-21)13-29-16-7-3-2-4-8-16/h2-9,11,14H,10,12-13H2,1H3,(H,22,24,27)/t14-/m1/s1. The summed E-state index contributed by atoms with van der Waals surface area (Å²) < 4.78 is 10.9. The van der Waals surface area contributed by atoms with Gasteiger partial charge in [-0.1, -0.05) is 35.6 Å². The highest BCUT2D eigenvalue weighted by Gasteiger charge is 2.35. The predicted molar refractivity (Wildman–Crippen MR) is 113 cm³/mol. The van der Waals surface area contributed by atoms with E-state index in [-0.39, 0.29) is 24.8 Å². The molecule has 30 heavy (non-hydrogen) atoms. The molecule has 1 atom stereocenters. The Hall–Kier alpha value is -3.46. The summed E-state index contributed by atoms with van der Waals surface area (Å²) in [5, 5.41) is 11.8. The summed E-state index contributed by atoms with van der Waals surface area (Å²) in [6, 6.07) is 16.6. The Morgan fingerprint density at radius 3 is 2.77 bits per heavy atom. The second-order valence-corrected chi connectivity index (χ2v) is 7.76. The van der Waals surface area contributed by atoms with E-state index in [1.807, 2.05) is 48.5 Å². The summed E-state index contributed by atoms with van der Waals surface area (Å²) in [6.45, 7) is 0.573. The molecule has 2 heterocycles. The molecule has 1 N–H and O–H groups in total. The van der Waals surface area contributed by atoms with E-state index in [2.05, 4.69) is 15.5 Å². The third kappa shape index (κ3) is 4.57. The van der Waals surface area contributed by atoms with Gasteiger partial charge < -0.3 is 19.7 Å². The summed E-state index contributed by atoms with van der Waals surface area (Å²) in [4.78, 5) is 26.7. The third-order valence-electron chi connectivity index (χ3n) is 4.66. The summed E-state index contributed by atoms with van der Waals surface area (Å²) in [6.07, 6.45) is 0.145. The molecule has 8 nitrogen and oxygen atoms in total. The molecule has 0 bridgehead atoms. The normalized spacial score (nSPS) is 15.8. The number of para-hydroxylation sites is 1. The number of aromatic nitrogens is 2. The number of carbonyl (C=O) groups excluding carboxylic acids is 2. The lowest BCUT2D eigenvalue weighted by molar-refractivity contribution is -0.122. The Kier molecular flexibility index (Phi) is 5.89. The van der Waals surface area contributed by atoms with Crippen LogP contribution in [0.2, 0.25) is 0 Å². The highest BCUT2D eigenvalue weighted by Crippen LogP contribution is 2.29. The molecule has 154 valence electrons. The molecule has 0 spiro atoms. The van der Waals surface area contributed by atoms with Gasteiger partial charge in [0.15, 0.2) is 5.01 Å². The monoisotopic (exact) mass is 424 g/mol. The molecule has 2 amide bonds. The van der Waals surface area contributed by atoms with Crippen molar-refractivity contribution < 1.29 is 19.1 Å². The van der Waals surface area contributed by atoms with Crippen LogP contribution in [0, 0.1) is 5.92 Å². The third-order valence-corrected chi connectivity index (χ3v) is 5.48. The maximum Gasteiger partial charge on any atom is 0.231 e. The van der Waals surface area contributed by atoms with Gasteiger partial charge >= 0.3 is 0 Å². The van der Waals surface area contributed by atoms with Gasteiger partial charge in [0.25, 0.3) is 0 Å². The summed E-state index contributed by atoms with van der Waals surface area (Å²) >= 11 is 1.25. The molecule has 0 aliphatic carbocycles. The van der Waals surface area contributed by atoms with Crippen LogP contribution >= 0.6 is 11.3 Å². The Morgan fingerprint density at radius 2 is 1.97 bits per heavy atom. The summed E-state index contributed by atoms with van der Waals surface area (Å²) in [5.41, 5.74) is 0.714. The van der Waals surface area contributed by atoms with Crippen LogP contribution in [-0.4, -0.2) is 35.7 Å². The van der Waals surface area contributed by atoms with Crippen LogP contribution in [0.25, 0.3) is 0 Å². The minimum atomic E-state index is -0.461. The number of rotatable bonds is 7. The Labute approximate surface area is 177 Å². The molecule has 1 fully saturated rings. The fourth-order valence-electron chi connectivity index (χ4n) is 3.14. The number of ether oxygens (including phenoxy) is 2. The van der Waals surface area contributed by atoms with E-state index < -0.39 is 5.92 Å². The van der Waals surface area contributed by atoms with Gasteiger partial charge in [-0.15, -0.1) is 10.2 Å². The highest BCUT2D eigenvalue weighted by atomic mass is 32.1. The molecule has 1 saturated heterocycles. The molecule has 2 aromatic carbocycles. The van der Waals surface area contributed by atoms with Crippen molar-refractivity contribution in [2.45, 2.75) is 13.0 Å². The number of carbonyl (C=O) groups is 2. The van der Waals surface area contributed by atoms with Gasteiger partial charge in [-0.25, -0.2) is 0 Å². The minimum absolute atomic E-state index is 0.0994. The topological polar surface area (TPSA) is 93.7 Å². The van der Waals surface area contributed by atoms with Crippen LogP contribution < -0.4 is 19.7 Å². The molecular weight excluding hydrogens is 404 g/mol. The molecule has 0 radical (unpaired) electrons. The molecule has 1 aliphatic rings. The van der Waals surface area contributed by atoms with E-state index in [4.69, 9.17) is 9.47 Å². The van der Waals surface area contributed by atoms with Crippen molar-refractivity contribution in [2.75, 3.05) is 23.9 Å². The van der Waals surface area contributed by atoms with Crippen LogP contribution in [-0.2, 0) is 16.2 Å². The van der Waals surface area contributed by atoms with Crippen LogP contribution in [0.3, 0.4) is 0 Å². The van der Waals surface area contributed by atoms with Crippen molar-refractivity contribution in [2.24, 2.45) is 5.92 Å². The van der Waals surface area contributed by atoms with Gasteiger partial charge in [-0.2, -0.15) is 0 Å². The maximum absolute atomic E-state index is 12.6. The largest absolute Gasteiger partial charge is 0.497 e. The van der Waals surface area contributed by atoms with Crippen LogP contribution in [0.15, 0.2) is 54.6 Å². The fourth-order valence-corrected chi connectivity index (χ4v) is 3.80. The minimum Gasteiger partial charge on any atom is -0.497 e. The molecule has 1 aliphatic heterocycles. The van der Waals surface area contributed by atoms with Crippen LogP contribution in [0.5, 0.6) is 11.5 Å². The second kappa shape index (κ2) is 8.91. The number of hydrogen-bond donors (Lipinski definition) is 1. The smallest absolute Gasteiger partial charge is 0.231 e. The van der Waals surface area contributed by atoms with Gasteiger partial charge in [0.1, 0.15) is 18.1 Å². The van der Waals surface area contributed by atoms with Gasteiger partial charge in [0.05, 0.1) is 13.0 Å². The number of amides is 2. The van der Waals surface area contributed by atoms with Gasteiger partial charge in [0, 0.05) is 24.7 Å². The average Bonchev–Trinajstić information content (AvgIpc) is 3.39. The summed E-state index contributed by atoms with van der Waals surface area (Å²) in [7, 11) is 1.57. The van der Waals surface area contributed by atoms with Crippen LogP contribution in [0.4, 0.5) is 10.8 Å². The first-order chi connectivity index (χ1) is 14.6. The first kappa shape index (κ1) is 19.8. The van der Waals surface area contributed by atoms with Crippen molar-refractivity contribution in [3.63, 3.8) is 0 Å². The Bertz CT molecular complexity index is 1040. The predicted octanol–water partition coefficient (Wildman–Crippen LogP) is 3.12. The number of hydrogen-bond acceptors (Lipinski definition) is 7. The van der Waals surface area contributed by atoms with Gasteiger partial charge in [0.2, 0.25) is 16.9 Å². The van der Waals surface area contributed by atoms with E-state index in [9.17, 15) is 9.59 Å². The zero-order valence-corrected chi connectivity index (χ0v) is 17.1. The lowest BCUT2D eigenvalue weighted by Crippen LogP contribution is -2.28.